The van der Waals surface area contributed by atoms with Crippen LogP contribution in [0, 0.1) is 12.3 Å². The molecule has 2 rings (SSSR count). The molecule has 1 aromatic heterocycles. The first-order chi connectivity index (χ1) is 8.84. The second-order valence-corrected chi connectivity index (χ2v) is 5.96. The van der Waals surface area contributed by atoms with Crippen molar-refractivity contribution in [2.24, 2.45) is 10.5 Å². The average molecular weight is 260 g/mol. The van der Waals surface area contributed by atoms with Gasteiger partial charge in [0.05, 0.1) is 5.71 Å². The minimum absolute atomic E-state index is 0.175. The number of hydrazone groups is 1. The third kappa shape index (κ3) is 3.77. The first-order valence-electron chi connectivity index (χ1n) is 6.42. The Labute approximate surface area is 112 Å². The van der Waals surface area contributed by atoms with Crippen molar-refractivity contribution < 1.29 is 0 Å². The Morgan fingerprint density at radius 1 is 1.37 bits per heavy atom. The fourth-order valence-corrected chi connectivity index (χ4v) is 2.52. The van der Waals surface area contributed by atoms with Crippen molar-refractivity contribution in [3.63, 3.8) is 0 Å². The Balaban J connectivity index is 2.18. The van der Waals surface area contributed by atoms with Gasteiger partial charge in [-0.05, 0) is 38.2 Å². The van der Waals surface area contributed by atoms with Gasteiger partial charge in [0.25, 0.3) is 5.56 Å². The number of hydrogen-bond donors (Lipinski definition) is 2. The second-order valence-electron chi connectivity index (χ2n) is 5.96. The van der Waals surface area contributed by atoms with Gasteiger partial charge in [-0.3, -0.25) is 9.78 Å². The van der Waals surface area contributed by atoms with Crippen LogP contribution in [0.2, 0.25) is 0 Å². The summed E-state index contributed by atoms with van der Waals surface area (Å²) < 4.78 is 0. The van der Waals surface area contributed by atoms with Gasteiger partial charge in [0.1, 0.15) is 0 Å². The number of nitrogens with zero attached hydrogens (tertiary/aromatic N) is 2. The van der Waals surface area contributed by atoms with Gasteiger partial charge in [0.2, 0.25) is 5.95 Å². The van der Waals surface area contributed by atoms with E-state index >= 15 is 0 Å². The number of allylic oxidation sites excluding steroid dienone is 2. The summed E-state index contributed by atoms with van der Waals surface area (Å²) in [6, 6.07) is 1.45. The van der Waals surface area contributed by atoms with Crippen LogP contribution in [-0.4, -0.2) is 15.7 Å². The lowest BCUT2D eigenvalue weighted by atomic mass is 9.77. The molecule has 0 saturated heterocycles. The molecule has 5 heteroatoms. The van der Waals surface area contributed by atoms with E-state index in [0.29, 0.717) is 11.6 Å². The Morgan fingerprint density at radius 2 is 2.11 bits per heavy atom. The van der Waals surface area contributed by atoms with E-state index in [4.69, 9.17) is 0 Å². The fourth-order valence-electron chi connectivity index (χ4n) is 2.52. The number of aromatic nitrogens is 2. The Bertz CT molecular complexity index is 596. The van der Waals surface area contributed by atoms with E-state index in [1.54, 1.807) is 6.92 Å². The van der Waals surface area contributed by atoms with Crippen molar-refractivity contribution in [2.45, 2.75) is 40.5 Å². The number of aromatic amines is 1. The molecule has 0 amide bonds. The van der Waals surface area contributed by atoms with E-state index in [0.717, 1.165) is 18.6 Å². The SMILES string of the molecule is CC1=C/C(=N/Nc2nc(C)cc(=O)[nH]2)CC(C)(C)C1. The highest BCUT2D eigenvalue weighted by Crippen LogP contribution is 2.33. The largest absolute Gasteiger partial charge is 0.291 e. The first kappa shape index (κ1) is 13.5. The fraction of sp³-hybridized carbons (Fsp3) is 0.500. The average Bonchev–Trinajstić information content (AvgIpc) is 2.22. The molecule has 0 spiro atoms. The maximum atomic E-state index is 11.3. The molecule has 5 nitrogen and oxygen atoms in total. The summed E-state index contributed by atoms with van der Waals surface area (Å²) in [4.78, 5) is 18.1. The molecular formula is C14H20N4O. The molecule has 0 aliphatic heterocycles. The zero-order chi connectivity index (χ0) is 14.0. The van der Waals surface area contributed by atoms with Crippen molar-refractivity contribution >= 4 is 11.7 Å². The Hall–Kier alpha value is -1.91. The highest BCUT2D eigenvalue weighted by Gasteiger charge is 2.24. The molecule has 0 fully saturated rings. The van der Waals surface area contributed by atoms with Crippen molar-refractivity contribution in [3.05, 3.63) is 33.8 Å². The summed E-state index contributed by atoms with van der Waals surface area (Å²) in [7, 11) is 0. The predicted molar refractivity (Wildman–Crippen MR) is 77.4 cm³/mol. The van der Waals surface area contributed by atoms with E-state index in [2.05, 4.69) is 47.3 Å². The van der Waals surface area contributed by atoms with Crippen LogP contribution in [0.5, 0.6) is 0 Å². The standard InChI is InChI=1S/C14H20N4O/c1-9-5-11(8-14(3,4)7-9)17-18-13-15-10(2)6-12(19)16-13/h5-6H,7-8H2,1-4H3,(H2,15,16,18,19)/b17-11-. The Morgan fingerprint density at radius 3 is 2.74 bits per heavy atom. The van der Waals surface area contributed by atoms with Gasteiger partial charge < -0.3 is 0 Å². The number of rotatable bonds is 2. The third-order valence-corrected chi connectivity index (χ3v) is 3.01. The normalized spacial score (nSPS) is 20.2. The highest BCUT2D eigenvalue weighted by molar-refractivity contribution is 5.97. The molecule has 1 aliphatic rings. The van der Waals surface area contributed by atoms with E-state index < -0.39 is 0 Å². The zero-order valence-corrected chi connectivity index (χ0v) is 11.9. The predicted octanol–water partition coefficient (Wildman–Crippen LogP) is 2.61. The molecule has 1 aliphatic carbocycles. The van der Waals surface area contributed by atoms with Crippen LogP contribution in [0.1, 0.15) is 39.3 Å². The van der Waals surface area contributed by atoms with Crippen LogP contribution >= 0.6 is 0 Å². The van der Waals surface area contributed by atoms with Crippen LogP contribution < -0.4 is 11.0 Å². The van der Waals surface area contributed by atoms with Crippen molar-refractivity contribution in [2.75, 3.05) is 5.43 Å². The molecule has 0 aromatic carbocycles. The van der Waals surface area contributed by atoms with Crippen LogP contribution in [-0.2, 0) is 0 Å². The molecule has 19 heavy (non-hydrogen) atoms. The van der Waals surface area contributed by atoms with Gasteiger partial charge in [-0.15, -0.1) is 0 Å². The topological polar surface area (TPSA) is 70.1 Å². The molecular weight excluding hydrogens is 240 g/mol. The number of hydrogen-bond acceptors (Lipinski definition) is 4. The van der Waals surface area contributed by atoms with Crippen molar-refractivity contribution in [1.29, 1.82) is 0 Å². The minimum Gasteiger partial charge on any atom is -0.291 e. The molecule has 0 bridgehead atoms. The molecule has 0 saturated carbocycles. The van der Waals surface area contributed by atoms with Crippen molar-refractivity contribution in [3.8, 4) is 0 Å². The summed E-state index contributed by atoms with van der Waals surface area (Å²) in [6.07, 6.45) is 4.09. The molecule has 0 radical (unpaired) electrons. The van der Waals surface area contributed by atoms with Crippen molar-refractivity contribution in [1.82, 2.24) is 9.97 Å². The lowest BCUT2D eigenvalue weighted by Gasteiger charge is -2.29. The van der Waals surface area contributed by atoms with Gasteiger partial charge >= 0.3 is 0 Å². The summed E-state index contributed by atoms with van der Waals surface area (Å²) in [5.74, 6) is 0.381. The first-order valence-corrected chi connectivity index (χ1v) is 6.42. The number of H-pyrrole nitrogens is 1. The minimum atomic E-state index is -0.175. The van der Waals surface area contributed by atoms with Crippen LogP contribution in [0.3, 0.4) is 0 Å². The van der Waals surface area contributed by atoms with E-state index in [1.165, 1.54) is 11.6 Å². The molecule has 0 unspecified atom stereocenters. The van der Waals surface area contributed by atoms with Crippen LogP contribution in [0.25, 0.3) is 0 Å². The van der Waals surface area contributed by atoms with Crippen LogP contribution in [0.15, 0.2) is 27.6 Å². The molecule has 1 aromatic rings. The zero-order valence-electron chi connectivity index (χ0n) is 11.9. The maximum absolute atomic E-state index is 11.3. The molecule has 102 valence electrons. The number of anilines is 1. The van der Waals surface area contributed by atoms with E-state index in [-0.39, 0.29) is 11.0 Å². The second kappa shape index (κ2) is 4.99. The van der Waals surface area contributed by atoms with E-state index in [9.17, 15) is 4.79 Å². The quantitative estimate of drug-likeness (QED) is 0.803. The van der Waals surface area contributed by atoms with Gasteiger partial charge in [0, 0.05) is 11.8 Å². The van der Waals surface area contributed by atoms with Crippen LogP contribution in [0.4, 0.5) is 5.95 Å². The molecule has 1 heterocycles. The van der Waals surface area contributed by atoms with Gasteiger partial charge in [-0.1, -0.05) is 19.4 Å². The van der Waals surface area contributed by atoms with Gasteiger partial charge in [-0.25, -0.2) is 10.4 Å². The van der Waals surface area contributed by atoms with Gasteiger partial charge in [-0.2, -0.15) is 5.10 Å². The Kier molecular flexibility index (Phi) is 3.55. The maximum Gasteiger partial charge on any atom is 0.252 e. The van der Waals surface area contributed by atoms with E-state index in [1.807, 2.05) is 0 Å². The van der Waals surface area contributed by atoms with Gasteiger partial charge in [0.15, 0.2) is 0 Å². The number of aryl methyl sites for hydroxylation is 1. The lowest BCUT2D eigenvalue weighted by Crippen LogP contribution is -2.22. The summed E-state index contributed by atoms with van der Waals surface area (Å²) in [6.45, 7) is 8.35. The third-order valence-electron chi connectivity index (χ3n) is 3.01. The molecule has 2 N–H and O–H groups in total. The highest BCUT2D eigenvalue weighted by atomic mass is 16.1. The summed E-state index contributed by atoms with van der Waals surface area (Å²) in [5, 5.41) is 4.34. The number of nitrogens with one attached hydrogen (secondary N) is 2. The monoisotopic (exact) mass is 260 g/mol. The summed E-state index contributed by atoms with van der Waals surface area (Å²) in [5.41, 5.74) is 5.86. The molecule has 0 atom stereocenters. The summed E-state index contributed by atoms with van der Waals surface area (Å²) >= 11 is 0. The lowest BCUT2D eigenvalue weighted by molar-refractivity contribution is 0.373. The smallest absolute Gasteiger partial charge is 0.252 e.